The largest absolute Gasteiger partial charge is 0.386 e. The highest BCUT2D eigenvalue weighted by atomic mass is 19.1. The second-order valence-corrected chi connectivity index (χ2v) is 16.5. The van der Waals surface area contributed by atoms with E-state index in [9.17, 15) is 24.3 Å². The molecular formula is C42H49FN8O5. The molecule has 3 N–H and O–H groups in total. The third kappa shape index (κ3) is 7.16. The molecule has 3 aliphatic rings. The second kappa shape index (κ2) is 14.7. The van der Waals surface area contributed by atoms with E-state index in [0.29, 0.717) is 46.9 Å². The number of likely N-dealkylation sites (tertiary alicyclic amines) is 1. The van der Waals surface area contributed by atoms with E-state index in [0.717, 1.165) is 60.9 Å². The Balaban J connectivity index is 0.912. The monoisotopic (exact) mass is 764 g/mol. The Morgan fingerprint density at radius 3 is 2.52 bits per heavy atom. The summed E-state index contributed by atoms with van der Waals surface area (Å²) >= 11 is 0. The van der Waals surface area contributed by atoms with Crippen LogP contribution in [-0.2, 0) is 22.2 Å². The van der Waals surface area contributed by atoms with Crippen molar-refractivity contribution in [3.63, 3.8) is 0 Å². The van der Waals surface area contributed by atoms with Crippen molar-refractivity contribution in [2.75, 3.05) is 25.0 Å². The number of benzene rings is 2. The minimum Gasteiger partial charge on any atom is -0.386 e. The Labute approximate surface area is 323 Å². The number of nitrogens with zero attached hydrogens (tertiary/aromatic N) is 6. The maximum absolute atomic E-state index is 16.2. The molecule has 5 aromatic rings. The van der Waals surface area contributed by atoms with Gasteiger partial charge in [0.2, 0.25) is 11.8 Å². The number of carbonyl (C=O) groups is 3. The van der Waals surface area contributed by atoms with Crippen LogP contribution in [0.1, 0.15) is 104 Å². The lowest BCUT2D eigenvalue weighted by molar-refractivity contribution is -0.135. The van der Waals surface area contributed by atoms with Crippen LogP contribution in [0, 0.1) is 12.8 Å². The lowest BCUT2D eigenvalue weighted by Crippen LogP contribution is -2.44. The van der Waals surface area contributed by atoms with Crippen molar-refractivity contribution in [1.29, 1.82) is 0 Å². The molecule has 0 bridgehead atoms. The maximum Gasteiger partial charge on any atom is 0.329 e. The fraction of sp³-hybridized carbons (Fsp3) is 0.476. The van der Waals surface area contributed by atoms with Gasteiger partial charge in [-0.3, -0.25) is 33.5 Å². The number of rotatable bonds is 8. The van der Waals surface area contributed by atoms with Crippen molar-refractivity contribution < 1.29 is 23.9 Å². The standard InChI is InChI=1S/C42H49FN8O5/c1-24-7-5-9-32(44-24)39(53)45-34-19-26-22-50(47-33(26)20-30(34)42(2,3)56)27-13-11-25(12-14-27)21-49-18-17-28(31(43)23-49)29-8-6-10-35-38(29)48(4)41(55)51(35)36-15-16-37(52)46-40(36)54/h5-10,19-20,22,25,27-28,31,36,56H,11-18,21,23H2,1-4H3,(H,45,53)(H,46,52,54)/t25-,27-,28-,31+,36?/m0/s1. The first kappa shape index (κ1) is 37.7. The summed E-state index contributed by atoms with van der Waals surface area (Å²) in [4.78, 5) is 57.6. The van der Waals surface area contributed by atoms with Crippen molar-refractivity contribution in [1.82, 2.24) is 34.1 Å². The summed E-state index contributed by atoms with van der Waals surface area (Å²) in [5.41, 5.74) is 3.31. The Bertz CT molecular complexity index is 2400. The Morgan fingerprint density at radius 1 is 1.04 bits per heavy atom. The molecule has 2 saturated heterocycles. The predicted molar refractivity (Wildman–Crippen MR) is 210 cm³/mol. The van der Waals surface area contributed by atoms with Gasteiger partial charge in [-0.2, -0.15) is 5.10 Å². The number of para-hydroxylation sites is 1. The highest BCUT2D eigenvalue weighted by molar-refractivity contribution is 6.04. The predicted octanol–water partition coefficient (Wildman–Crippen LogP) is 5.41. The third-order valence-electron chi connectivity index (χ3n) is 12.1. The summed E-state index contributed by atoms with van der Waals surface area (Å²) in [5, 5.41) is 22.1. The minimum absolute atomic E-state index is 0.160. The van der Waals surface area contributed by atoms with Crippen LogP contribution in [0.5, 0.6) is 0 Å². The number of aryl methyl sites for hydroxylation is 2. The van der Waals surface area contributed by atoms with Gasteiger partial charge in [0.05, 0.1) is 28.2 Å². The molecule has 2 aliphatic heterocycles. The quantitative estimate of drug-likeness (QED) is 0.177. The van der Waals surface area contributed by atoms with Gasteiger partial charge < -0.3 is 15.3 Å². The number of hydrogen-bond acceptors (Lipinski definition) is 8. The molecule has 56 heavy (non-hydrogen) atoms. The smallest absolute Gasteiger partial charge is 0.329 e. The first-order chi connectivity index (χ1) is 26.7. The molecule has 5 heterocycles. The van der Waals surface area contributed by atoms with E-state index in [2.05, 4.69) is 20.5 Å². The first-order valence-corrected chi connectivity index (χ1v) is 19.7. The molecule has 14 heteroatoms. The van der Waals surface area contributed by atoms with Gasteiger partial charge in [-0.15, -0.1) is 0 Å². The zero-order valence-electron chi connectivity index (χ0n) is 32.3. The summed E-state index contributed by atoms with van der Waals surface area (Å²) in [6, 6.07) is 13.9. The number of imidazole rings is 1. The zero-order chi connectivity index (χ0) is 39.5. The molecule has 3 aromatic heterocycles. The number of amides is 3. The van der Waals surface area contributed by atoms with E-state index >= 15 is 4.39 Å². The van der Waals surface area contributed by atoms with Gasteiger partial charge >= 0.3 is 5.69 Å². The topological polar surface area (TPSA) is 156 Å². The molecule has 0 spiro atoms. The Hall–Kier alpha value is -5.21. The van der Waals surface area contributed by atoms with Crippen molar-refractivity contribution >= 4 is 45.3 Å². The molecule has 3 atom stereocenters. The number of aliphatic hydroxyl groups is 1. The van der Waals surface area contributed by atoms with Crippen LogP contribution in [-0.4, -0.2) is 77.4 Å². The van der Waals surface area contributed by atoms with Crippen LogP contribution < -0.4 is 16.3 Å². The van der Waals surface area contributed by atoms with E-state index in [4.69, 9.17) is 5.10 Å². The lowest BCUT2D eigenvalue weighted by atomic mass is 9.83. The average Bonchev–Trinajstić information content (AvgIpc) is 3.69. The second-order valence-electron chi connectivity index (χ2n) is 16.5. The summed E-state index contributed by atoms with van der Waals surface area (Å²) in [7, 11) is 1.66. The van der Waals surface area contributed by atoms with Gasteiger partial charge in [0.1, 0.15) is 17.9 Å². The number of halogens is 1. The van der Waals surface area contributed by atoms with E-state index in [-0.39, 0.29) is 42.3 Å². The number of aromatic nitrogens is 5. The molecule has 1 aliphatic carbocycles. The van der Waals surface area contributed by atoms with Crippen LogP contribution >= 0.6 is 0 Å². The molecule has 1 saturated carbocycles. The molecule has 294 valence electrons. The van der Waals surface area contributed by atoms with Crippen LogP contribution in [0.3, 0.4) is 0 Å². The Kier molecular flexibility index (Phi) is 9.90. The van der Waals surface area contributed by atoms with Crippen molar-refractivity contribution in [2.24, 2.45) is 13.0 Å². The van der Waals surface area contributed by atoms with Gasteiger partial charge in [-0.1, -0.05) is 18.2 Å². The number of pyridine rings is 1. The summed E-state index contributed by atoms with van der Waals surface area (Å²) in [6.45, 7) is 7.09. The molecule has 0 radical (unpaired) electrons. The van der Waals surface area contributed by atoms with Crippen molar-refractivity contribution in [2.45, 2.75) is 95.5 Å². The number of piperidine rings is 2. The Morgan fingerprint density at radius 2 is 1.80 bits per heavy atom. The van der Waals surface area contributed by atoms with Gasteiger partial charge in [0, 0.05) is 61.0 Å². The molecule has 13 nitrogen and oxygen atoms in total. The van der Waals surface area contributed by atoms with E-state index in [1.165, 1.54) is 9.13 Å². The van der Waals surface area contributed by atoms with Crippen molar-refractivity contribution in [3.8, 4) is 0 Å². The van der Waals surface area contributed by atoms with Gasteiger partial charge in [0.15, 0.2) is 0 Å². The van der Waals surface area contributed by atoms with E-state index in [1.54, 1.807) is 39.1 Å². The summed E-state index contributed by atoms with van der Waals surface area (Å²) in [6.07, 6.45) is 5.79. The minimum atomic E-state index is -1.22. The number of alkyl halides is 1. The normalized spacial score (nSPS) is 23.8. The number of fused-ring (bicyclic) bond motifs is 2. The van der Waals surface area contributed by atoms with Crippen LogP contribution in [0.2, 0.25) is 0 Å². The highest BCUT2D eigenvalue weighted by Crippen LogP contribution is 2.39. The first-order valence-electron chi connectivity index (χ1n) is 19.7. The van der Waals surface area contributed by atoms with Crippen molar-refractivity contribution in [3.05, 3.63) is 87.7 Å². The molecular weight excluding hydrogens is 716 g/mol. The molecule has 3 fully saturated rings. The van der Waals surface area contributed by atoms with Crippen LogP contribution in [0.25, 0.3) is 21.9 Å². The number of nitrogens with one attached hydrogen (secondary N) is 2. The van der Waals surface area contributed by atoms with E-state index in [1.807, 2.05) is 48.1 Å². The molecule has 2 aromatic carbocycles. The SMILES string of the molecule is Cc1cccc(C(=O)Nc2cc3cn([C@H]4CC[C@H](CN5CC[C@@H](c6cccc7c6n(C)c(=O)n7C6CCC(=O)NC6=O)[C@H](F)C5)CC4)nc3cc2C(C)(C)O)n1. The van der Waals surface area contributed by atoms with Crippen LogP contribution in [0.15, 0.2) is 59.5 Å². The average molecular weight is 765 g/mol. The third-order valence-corrected chi connectivity index (χ3v) is 12.1. The summed E-state index contributed by atoms with van der Waals surface area (Å²) < 4.78 is 21.2. The molecule has 3 amide bonds. The van der Waals surface area contributed by atoms with Gasteiger partial charge in [-0.05, 0) is 108 Å². The molecule has 8 rings (SSSR count). The lowest BCUT2D eigenvalue weighted by Gasteiger charge is -2.38. The summed E-state index contributed by atoms with van der Waals surface area (Å²) in [5.74, 6) is -1.12. The number of hydrogen-bond donors (Lipinski definition) is 3. The maximum atomic E-state index is 16.2. The number of anilines is 1. The number of carbonyl (C=O) groups excluding carboxylic acids is 3. The highest BCUT2D eigenvalue weighted by Gasteiger charge is 2.36. The van der Waals surface area contributed by atoms with E-state index < -0.39 is 23.7 Å². The fourth-order valence-electron chi connectivity index (χ4n) is 9.18. The number of imide groups is 1. The molecule has 1 unspecified atom stereocenters. The van der Waals surface area contributed by atoms with Gasteiger partial charge in [0.25, 0.3) is 5.91 Å². The fourth-order valence-corrected chi connectivity index (χ4v) is 9.18. The van der Waals surface area contributed by atoms with Crippen LogP contribution in [0.4, 0.5) is 10.1 Å². The van der Waals surface area contributed by atoms with Gasteiger partial charge in [-0.25, -0.2) is 14.2 Å². The zero-order valence-corrected chi connectivity index (χ0v) is 32.3.